The maximum Gasteiger partial charge on any atom is 0.271 e. The number of nitrogens with one attached hydrogen (secondary N) is 1. The molecule has 0 saturated carbocycles. The number of rotatable bonds is 8. The lowest BCUT2D eigenvalue weighted by atomic mass is 10.2. The van der Waals surface area contributed by atoms with Gasteiger partial charge in [-0.2, -0.15) is 5.10 Å². The van der Waals surface area contributed by atoms with Gasteiger partial charge in [-0.25, -0.2) is 5.43 Å². The van der Waals surface area contributed by atoms with Crippen molar-refractivity contribution in [2.24, 2.45) is 5.10 Å². The predicted octanol–water partition coefficient (Wildman–Crippen LogP) is 3.47. The van der Waals surface area contributed by atoms with Gasteiger partial charge in [-0.3, -0.25) is 4.79 Å². The van der Waals surface area contributed by atoms with Gasteiger partial charge in [0.2, 0.25) is 0 Å². The van der Waals surface area contributed by atoms with Gasteiger partial charge in [-0.05, 0) is 71.5 Å². The predicted molar refractivity (Wildman–Crippen MR) is 113 cm³/mol. The van der Waals surface area contributed by atoms with Crippen molar-refractivity contribution >= 4 is 34.7 Å². The van der Waals surface area contributed by atoms with E-state index >= 15 is 0 Å². The third-order valence-corrected chi connectivity index (χ3v) is 4.16. The van der Waals surface area contributed by atoms with Crippen molar-refractivity contribution in [1.82, 2.24) is 5.43 Å². The third kappa shape index (κ3) is 5.89. The Balaban J connectivity index is 2.05. The third-order valence-electron chi connectivity index (χ3n) is 3.36. The molecular formula is C20H19IN2O4. The number of terminal acetylenes is 1. The molecule has 0 unspecified atom stereocenters. The SMILES string of the molecule is C#CCOc1c(I)cc(/C=N\NC(=O)c2ccc(OCC)cc2)cc1OC. The van der Waals surface area contributed by atoms with E-state index in [2.05, 4.69) is 39.0 Å². The van der Waals surface area contributed by atoms with Crippen LogP contribution in [-0.2, 0) is 0 Å². The fourth-order valence-corrected chi connectivity index (χ4v) is 2.95. The quantitative estimate of drug-likeness (QED) is 0.273. The number of benzene rings is 2. The van der Waals surface area contributed by atoms with Crippen LogP contribution in [0.1, 0.15) is 22.8 Å². The molecule has 0 atom stereocenters. The summed E-state index contributed by atoms with van der Waals surface area (Å²) >= 11 is 2.12. The van der Waals surface area contributed by atoms with Crippen molar-refractivity contribution in [3.05, 3.63) is 51.1 Å². The monoisotopic (exact) mass is 478 g/mol. The Kier molecular flexibility index (Phi) is 7.95. The summed E-state index contributed by atoms with van der Waals surface area (Å²) < 4.78 is 17.0. The minimum absolute atomic E-state index is 0.151. The van der Waals surface area contributed by atoms with Gasteiger partial charge in [0.05, 0.1) is 23.5 Å². The summed E-state index contributed by atoms with van der Waals surface area (Å²) in [5.41, 5.74) is 3.73. The van der Waals surface area contributed by atoms with E-state index in [4.69, 9.17) is 20.6 Å². The summed E-state index contributed by atoms with van der Waals surface area (Å²) in [4.78, 5) is 12.1. The summed E-state index contributed by atoms with van der Waals surface area (Å²) in [7, 11) is 1.54. The number of carbonyl (C=O) groups is 1. The molecule has 7 heteroatoms. The van der Waals surface area contributed by atoms with Gasteiger partial charge in [0.15, 0.2) is 11.5 Å². The van der Waals surface area contributed by atoms with E-state index in [1.54, 1.807) is 37.4 Å². The van der Waals surface area contributed by atoms with Crippen LogP contribution in [0.5, 0.6) is 17.2 Å². The second kappa shape index (κ2) is 10.4. The number of ether oxygens (including phenoxy) is 3. The Morgan fingerprint density at radius 2 is 2.04 bits per heavy atom. The first-order chi connectivity index (χ1) is 13.1. The molecule has 1 amide bonds. The smallest absolute Gasteiger partial charge is 0.271 e. The Labute approximate surface area is 172 Å². The van der Waals surface area contributed by atoms with Crippen LogP contribution >= 0.6 is 22.6 Å². The number of halogens is 1. The van der Waals surface area contributed by atoms with Crippen molar-refractivity contribution in [1.29, 1.82) is 0 Å². The Hall–Kier alpha value is -2.73. The average molecular weight is 478 g/mol. The molecule has 27 heavy (non-hydrogen) atoms. The standard InChI is InChI=1S/C20H19IN2O4/c1-4-10-27-19-17(21)11-14(12-18(19)25-3)13-22-23-20(24)15-6-8-16(9-7-15)26-5-2/h1,6-9,11-13H,5,10H2,2-3H3,(H,23,24)/b22-13-. The van der Waals surface area contributed by atoms with Crippen molar-refractivity contribution in [2.45, 2.75) is 6.92 Å². The van der Waals surface area contributed by atoms with E-state index in [-0.39, 0.29) is 12.5 Å². The zero-order valence-corrected chi connectivity index (χ0v) is 17.1. The lowest BCUT2D eigenvalue weighted by Gasteiger charge is -2.11. The fourth-order valence-electron chi connectivity index (χ4n) is 2.17. The van der Waals surface area contributed by atoms with Gasteiger partial charge in [-0.15, -0.1) is 6.42 Å². The fraction of sp³-hybridized carbons (Fsp3) is 0.200. The molecule has 140 valence electrons. The van der Waals surface area contributed by atoms with Gasteiger partial charge in [0.1, 0.15) is 12.4 Å². The van der Waals surface area contributed by atoms with Crippen LogP contribution in [0.2, 0.25) is 0 Å². The largest absolute Gasteiger partial charge is 0.494 e. The molecule has 0 aliphatic rings. The highest BCUT2D eigenvalue weighted by molar-refractivity contribution is 14.1. The number of amides is 1. The molecule has 0 aliphatic carbocycles. The molecule has 0 spiro atoms. The van der Waals surface area contributed by atoms with Gasteiger partial charge in [-0.1, -0.05) is 5.92 Å². The summed E-state index contributed by atoms with van der Waals surface area (Å²) in [6.45, 7) is 2.63. The van der Waals surface area contributed by atoms with Crippen LogP contribution in [0.3, 0.4) is 0 Å². The molecule has 2 aromatic rings. The summed E-state index contributed by atoms with van der Waals surface area (Å²) in [6, 6.07) is 10.4. The highest BCUT2D eigenvalue weighted by atomic mass is 127. The van der Waals surface area contributed by atoms with Crippen molar-refractivity contribution < 1.29 is 19.0 Å². The number of carbonyl (C=O) groups excluding carboxylic acids is 1. The zero-order valence-electron chi connectivity index (χ0n) is 15.0. The summed E-state index contributed by atoms with van der Waals surface area (Å²) in [5.74, 6) is 3.93. The van der Waals surface area contributed by atoms with Crippen LogP contribution in [0.4, 0.5) is 0 Å². The lowest BCUT2D eigenvalue weighted by molar-refractivity contribution is 0.0955. The minimum atomic E-state index is -0.315. The molecule has 2 aromatic carbocycles. The van der Waals surface area contributed by atoms with Gasteiger partial charge >= 0.3 is 0 Å². The molecule has 2 rings (SSSR count). The number of nitrogens with zero attached hydrogens (tertiary/aromatic N) is 1. The van der Waals surface area contributed by atoms with Crippen molar-refractivity contribution in [3.63, 3.8) is 0 Å². The topological polar surface area (TPSA) is 69.2 Å². The number of hydrazone groups is 1. The Morgan fingerprint density at radius 1 is 1.30 bits per heavy atom. The molecule has 0 fully saturated rings. The van der Waals surface area contributed by atoms with Crippen LogP contribution in [-0.4, -0.2) is 32.4 Å². The molecule has 6 nitrogen and oxygen atoms in total. The van der Waals surface area contributed by atoms with Crippen LogP contribution in [0.15, 0.2) is 41.5 Å². The normalized spacial score (nSPS) is 10.3. The molecule has 0 radical (unpaired) electrons. The van der Waals surface area contributed by atoms with Crippen LogP contribution < -0.4 is 19.6 Å². The molecule has 1 N–H and O–H groups in total. The van der Waals surface area contributed by atoms with E-state index in [0.717, 1.165) is 9.13 Å². The van der Waals surface area contributed by atoms with Gasteiger partial charge < -0.3 is 14.2 Å². The Bertz CT molecular complexity index is 858. The highest BCUT2D eigenvalue weighted by Gasteiger charge is 2.11. The number of hydrogen-bond acceptors (Lipinski definition) is 5. The van der Waals surface area contributed by atoms with Crippen molar-refractivity contribution in [2.75, 3.05) is 20.3 Å². The summed E-state index contributed by atoms with van der Waals surface area (Å²) in [5, 5.41) is 4.00. The number of hydrogen-bond donors (Lipinski definition) is 1. The first kappa shape index (κ1) is 20.6. The molecule has 0 saturated heterocycles. The summed E-state index contributed by atoms with van der Waals surface area (Å²) in [6.07, 6.45) is 6.76. The van der Waals surface area contributed by atoms with E-state index in [9.17, 15) is 4.79 Å². The van der Waals surface area contributed by atoms with Crippen molar-refractivity contribution in [3.8, 4) is 29.6 Å². The molecular weight excluding hydrogens is 459 g/mol. The van der Waals surface area contributed by atoms with Gasteiger partial charge in [0, 0.05) is 5.56 Å². The lowest BCUT2D eigenvalue weighted by Crippen LogP contribution is -2.17. The van der Waals surface area contributed by atoms with E-state index in [0.29, 0.717) is 29.4 Å². The average Bonchev–Trinajstić information content (AvgIpc) is 2.67. The Morgan fingerprint density at radius 3 is 2.67 bits per heavy atom. The zero-order chi connectivity index (χ0) is 19.6. The van der Waals surface area contributed by atoms with Crippen LogP contribution in [0.25, 0.3) is 0 Å². The first-order valence-corrected chi connectivity index (χ1v) is 9.17. The second-order valence-corrected chi connectivity index (χ2v) is 6.35. The van der Waals surface area contributed by atoms with Gasteiger partial charge in [0.25, 0.3) is 5.91 Å². The van der Waals surface area contributed by atoms with E-state index < -0.39 is 0 Å². The highest BCUT2D eigenvalue weighted by Crippen LogP contribution is 2.33. The van der Waals surface area contributed by atoms with E-state index in [1.807, 2.05) is 13.0 Å². The number of methoxy groups -OCH3 is 1. The molecule has 0 aliphatic heterocycles. The van der Waals surface area contributed by atoms with E-state index in [1.165, 1.54) is 6.21 Å². The molecule has 0 heterocycles. The maximum absolute atomic E-state index is 12.1. The van der Waals surface area contributed by atoms with Crippen LogP contribution in [0, 0.1) is 15.9 Å². The molecule has 0 bridgehead atoms. The minimum Gasteiger partial charge on any atom is -0.494 e. The first-order valence-electron chi connectivity index (χ1n) is 8.09. The second-order valence-electron chi connectivity index (χ2n) is 5.18. The maximum atomic E-state index is 12.1. The molecule has 0 aromatic heterocycles.